The average molecular weight is 341 g/mol. The van der Waals surface area contributed by atoms with E-state index in [1.54, 1.807) is 7.05 Å². The third-order valence-corrected chi connectivity index (χ3v) is 4.76. The average Bonchev–Trinajstić information content (AvgIpc) is 3.10. The van der Waals surface area contributed by atoms with Crippen molar-refractivity contribution in [2.45, 2.75) is 32.5 Å². The molecule has 0 aliphatic carbocycles. The Labute approximate surface area is 149 Å². The van der Waals surface area contributed by atoms with Gasteiger partial charge in [0.15, 0.2) is 0 Å². The molecule has 1 fully saturated rings. The van der Waals surface area contributed by atoms with Crippen molar-refractivity contribution in [2.24, 2.45) is 0 Å². The van der Waals surface area contributed by atoms with Gasteiger partial charge < -0.3 is 15.2 Å². The molecule has 1 saturated heterocycles. The summed E-state index contributed by atoms with van der Waals surface area (Å²) in [5.74, 6) is 1.04. The Morgan fingerprint density at radius 1 is 1.44 bits per heavy atom. The number of nitrogens with one attached hydrogen (secondary N) is 2. The van der Waals surface area contributed by atoms with Gasteiger partial charge in [0.25, 0.3) is 5.91 Å². The second-order valence-electron chi connectivity index (χ2n) is 6.74. The maximum Gasteiger partial charge on any atom is 0.251 e. The van der Waals surface area contributed by atoms with Crippen LogP contribution in [-0.4, -0.2) is 47.0 Å². The summed E-state index contributed by atoms with van der Waals surface area (Å²) >= 11 is 0. The number of rotatable bonds is 5. The maximum absolute atomic E-state index is 12.0. The van der Waals surface area contributed by atoms with Crippen LogP contribution in [0.25, 0.3) is 0 Å². The van der Waals surface area contributed by atoms with E-state index < -0.39 is 0 Å². The fourth-order valence-corrected chi connectivity index (χ4v) is 3.41. The minimum absolute atomic E-state index is 0.0486. The van der Waals surface area contributed by atoms with Crippen LogP contribution in [0, 0.1) is 0 Å². The summed E-state index contributed by atoms with van der Waals surface area (Å²) < 4.78 is 2.22. The lowest BCUT2D eigenvalue weighted by atomic mass is 10.0. The number of hydrogen-bond acceptors (Lipinski definition) is 4. The highest BCUT2D eigenvalue weighted by Crippen LogP contribution is 2.25. The first-order chi connectivity index (χ1) is 12.1. The van der Waals surface area contributed by atoms with Crippen LogP contribution in [0.5, 0.6) is 0 Å². The number of nitrogens with zero attached hydrogens (tertiary/aromatic N) is 3. The van der Waals surface area contributed by atoms with E-state index in [9.17, 15) is 4.79 Å². The predicted molar refractivity (Wildman–Crippen MR) is 98.5 cm³/mol. The molecular formula is C19H27N5O. The minimum atomic E-state index is -0.0486. The van der Waals surface area contributed by atoms with E-state index in [-0.39, 0.29) is 11.9 Å². The smallest absolute Gasteiger partial charge is 0.251 e. The number of benzene rings is 1. The Hall–Kier alpha value is -2.18. The molecule has 1 amide bonds. The van der Waals surface area contributed by atoms with Crippen LogP contribution >= 0.6 is 0 Å². The largest absolute Gasteiger partial charge is 0.355 e. The monoisotopic (exact) mass is 341 g/mol. The second kappa shape index (κ2) is 7.80. The Bertz CT molecular complexity index is 724. The zero-order chi connectivity index (χ0) is 17.8. The van der Waals surface area contributed by atoms with Gasteiger partial charge in [0, 0.05) is 56.7 Å². The fraction of sp³-hybridized carbons (Fsp3) is 0.474. The topological polar surface area (TPSA) is 62.2 Å². The van der Waals surface area contributed by atoms with E-state index in [1.165, 1.54) is 0 Å². The number of hydrogen-bond donors (Lipinski definition) is 2. The molecule has 2 aromatic rings. The SMILES string of the molecule is CNC(=O)c1cccc([C@H]2CNCCN2Cc2nccn2C(C)C)c1. The minimum Gasteiger partial charge on any atom is -0.355 e. The van der Waals surface area contributed by atoms with Crippen molar-refractivity contribution in [1.29, 1.82) is 0 Å². The van der Waals surface area contributed by atoms with Gasteiger partial charge in [-0.25, -0.2) is 4.98 Å². The van der Waals surface area contributed by atoms with Gasteiger partial charge in [0.05, 0.1) is 6.54 Å². The summed E-state index contributed by atoms with van der Waals surface area (Å²) in [6.45, 7) is 7.95. The Balaban J connectivity index is 1.84. The molecule has 0 radical (unpaired) electrons. The third-order valence-electron chi connectivity index (χ3n) is 4.76. The Morgan fingerprint density at radius 2 is 2.28 bits per heavy atom. The van der Waals surface area contributed by atoms with Crippen LogP contribution in [0.2, 0.25) is 0 Å². The highest BCUT2D eigenvalue weighted by Gasteiger charge is 2.25. The zero-order valence-corrected chi connectivity index (χ0v) is 15.2. The molecule has 2 N–H and O–H groups in total. The summed E-state index contributed by atoms with van der Waals surface area (Å²) in [4.78, 5) is 19.0. The van der Waals surface area contributed by atoms with Gasteiger partial charge in [-0.05, 0) is 31.5 Å². The molecule has 25 heavy (non-hydrogen) atoms. The molecule has 1 aliphatic heterocycles. The van der Waals surface area contributed by atoms with Gasteiger partial charge in [0.2, 0.25) is 0 Å². The molecule has 1 atom stereocenters. The van der Waals surface area contributed by atoms with E-state index in [0.717, 1.165) is 37.6 Å². The van der Waals surface area contributed by atoms with Crippen molar-refractivity contribution in [1.82, 2.24) is 25.1 Å². The molecule has 0 bridgehead atoms. The highest BCUT2D eigenvalue weighted by molar-refractivity contribution is 5.94. The quantitative estimate of drug-likeness (QED) is 0.873. The molecule has 6 nitrogen and oxygen atoms in total. The molecule has 0 spiro atoms. The summed E-state index contributed by atoms with van der Waals surface area (Å²) in [5, 5.41) is 6.17. The van der Waals surface area contributed by atoms with Gasteiger partial charge in [-0.1, -0.05) is 12.1 Å². The van der Waals surface area contributed by atoms with E-state index in [2.05, 4.69) is 45.0 Å². The van der Waals surface area contributed by atoms with Crippen molar-refractivity contribution in [3.63, 3.8) is 0 Å². The molecule has 1 aliphatic rings. The zero-order valence-electron chi connectivity index (χ0n) is 15.2. The molecule has 3 rings (SSSR count). The number of carbonyl (C=O) groups is 1. The van der Waals surface area contributed by atoms with Gasteiger partial charge >= 0.3 is 0 Å². The molecule has 0 saturated carbocycles. The summed E-state index contributed by atoms with van der Waals surface area (Å²) in [6, 6.07) is 8.55. The lowest BCUT2D eigenvalue weighted by Crippen LogP contribution is -2.46. The molecule has 1 aromatic heterocycles. The summed E-state index contributed by atoms with van der Waals surface area (Å²) in [6.07, 6.45) is 3.92. The summed E-state index contributed by atoms with van der Waals surface area (Å²) in [5.41, 5.74) is 1.87. The van der Waals surface area contributed by atoms with Crippen molar-refractivity contribution in [3.8, 4) is 0 Å². The van der Waals surface area contributed by atoms with Crippen LogP contribution in [0.15, 0.2) is 36.7 Å². The Morgan fingerprint density at radius 3 is 3.04 bits per heavy atom. The van der Waals surface area contributed by atoms with Crippen LogP contribution in [0.4, 0.5) is 0 Å². The van der Waals surface area contributed by atoms with E-state index >= 15 is 0 Å². The second-order valence-corrected chi connectivity index (χ2v) is 6.74. The van der Waals surface area contributed by atoms with Crippen molar-refractivity contribution >= 4 is 5.91 Å². The van der Waals surface area contributed by atoms with Crippen molar-refractivity contribution < 1.29 is 4.79 Å². The fourth-order valence-electron chi connectivity index (χ4n) is 3.41. The molecule has 0 unspecified atom stereocenters. The van der Waals surface area contributed by atoms with E-state index in [1.807, 2.05) is 30.6 Å². The van der Waals surface area contributed by atoms with Gasteiger partial charge in [-0.2, -0.15) is 0 Å². The lowest BCUT2D eigenvalue weighted by Gasteiger charge is -2.36. The van der Waals surface area contributed by atoms with Crippen LogP contribution in [0.3, 0.4) is 0 Å². The van der Waals surface area contributed by atoms with Crippen LogP contribution < -0.4 is 10.6 Å². The molecular weight excluding hydrogens is 314 g/mol. The summed E-state index contributed by atoms with van der Waals surface area (Å²) in [7, 11) is 1.66. The molecule has 2 heterocycles. The van der Waals surface area contributed by atoms with Crippen molar-refractivity contribution in [3.05, 3.63) is 53.6 Å². The van der Waals surface area contributed by atoms with E-state index in [4.69, 9.17) is 0 Å². The maximum atomic E-state index is 12.0. The number of amides is 1. The Kier molecular flexibility index (Phi) is 5.50. The first kappa shape index (κ1) is 17.6. The predicted octanol–water partition coefficient (Wildman–Crippen LogP) is 1.97. The van der Waals surface area contributed by atoms with Gasteiger partial charge in [0.1, 0.15) is 5.82 Å². The number of imidazole rings is 1. The first-order valence-electron chi connectivity index (χ1n) is 8.88. The number of aromatic nitrogens is 2. The molecule has 6 heteroatoms. The van der Waals surface area contributed by atoms with Crippen LogP contribution in [-0.2, 0) is 6.54 Å². The lowest BCUT2D eigenvalue weighted by molar-refractivity contribution is 0.0962. The molecule has 1 aromatic carbocycles. The number of piperazine rings is 1. The third kappa shape index (κ3) is 3.91. The standard InChI is InChI=1S/C19H27N5O/c1-14(2)24-10-8-22-18(24)13-23-9-7-21-12-17(23)15-5-4-6-16(11-15)19(25)20-3/h4-6,8,10-11,14,17,21H,7,9,12-13H2,1-3H3,(H,20,25)/t17-/m1/s1. The normalized spacial score (nSPS) is 18.5. The number of carbonyl (C=O) groups excluding carboxylic acids is 1. The first-order valence-corrected chi connectivity index (χ1v) is 8.88. The van der Waals surface area contributed by atoms with Crippen molar-refractivity contribution in [2.75, 3.05) is 26.7 Å². The van der Waals surface area contributed by atoms with E-state index in [0.29, 0.717) is 11.6 Å². The van der Waals surface area contributed by atoms with Crippen LogP contribution in [0.1, 0.15) is 47.7 Å². The highest BCUT2D eigenvalue weighted by atomic mass is 16.1. The molecule has 134 valence electrons. The van der Waals surface area contributed by atoms with Gasteiger partial charge in [-0.3, -0.25) is 9.69 Å². The van der Waals surface area contributed by atoms with Gasteiger partial charge in [-0.15, -0.1) is 0 Å².